The smallest absolute Gasteiger partial charge is 0.344 e. The predicted molar refractivity (Wildman–Crippen MR) is 56.1 cm³/mol. The lowest BCUT2D eigenvalue weighted by molar-refractivity contribution is -0.270. The molecular weight excluding hydrogens is 259 g/mol. The second-order valence-corrected chi connectivity index (χ2v) is 4.89. The lowest BCUT2D eigenvalue weighted by atomic mass is 9.90. The molecule has 0 aromatic carbocycles. The van der Waals surface area contributed by atoms with Crippen LogP contribution in [0.2, 0.25) is 0 Å². The molecule has 1 unspecified atom stereocenters. The number of hydrogen-bond donors (Lipinski definition) is 2. The molecule has 0 rings (SSSR count). The van der Waals surface area contributed by atoms with Crippen LogP contribution in [-0.4, -0.2) is 30.1 Å². The summed E-state index contributed by atoms with van der Waals surface area (Å²) in [7, 11) is 0. The molecule has 0 radical (unpaired) electrons. The van der Waals surface area contributed by atoms with Gasteiger partial charge in [-0.1, -0.05) is 13.8 Å². The Hall–Kier alpha value is -0.920. The van der Waals surface area contributed by atoms with E-state index in [0.29, 0.717) is 0 Å². The van der Waals surface area contributed by atoms with Gasteiger partial charge in [-0.3, -0.25) is 4.79 Å². The van der Waals surface area contributed by atoms with Crippen LogP contribution >= 0.6 is 0 Å². The van der Waals surface area contributed by atoms with Gasteiger partial charge >= 0.3 is 18.0 Å². The highest BCUT2D eigenvalue weighted by atomic mass is 19.4. The summed E-state index contributed by atoms with van der Waals surface area (Å²) >= 11 is 0. The van der Waals surface area contributed by atoms with Gasteiger partial charge in [0.2, 0.25) is 0 Å². The SMILES string of the molecule is CC(C)CC(C)(CN)NC(=O)C(F)(F)C(F)(F)F. The molecule has 0 aliphatic carbocycles. The molecule has 0 spiro atoms. The number of rotatable bonds is 5. The van der Waals surface area contributed by atoms with E-state index in [-0.39, 0.29) is 18.9 Å². The minimum absolute atomic E-state index is 0.0154. The van der Waals surface area contributed by atoms with Crippen LogP contribution in [0.15, 0.2) is 0 Å². The fourth-order valence-corrected chi connectivity index (χ4v) is 1.57. The van der Waals surface area contributed by atoms with Gasteiger partial charge in [-0.05, 0) is 19.3 Å². The summed E-state index contributed by atoms with van der Waals surface area (Å²) in [5, 5.41) is 1.69. The van der Waals surface area contributed by atoms with Crippen molar-refractivity contribution >= 4 is 5.91 Å². The molecule has 0 aromatic heterocycles. The maximum Gasteiger partial charge on any atom is 0.463 e. The average molecular weight is 276 g/mol. The molecule has 0 saturated carbocycles. The summed E-state index contributed by atoms with van der Waals surface area (Å²) in [4.78, 5) is 11.0. The lowest BCUT2D eigenvalue weighted by Gasteiger charge is -2.33. The van der Waals surface area contributed by atoms with Gasteiger partial charge in [-0.25, -0.2) is 0 Å². The molecule has 3 nitrogen and oxygen atoms in total. The molecule has 0 bridgehead atoms. The highest BCUT2D eigenvalue weighted by Crippen LogP contribution is 2.36. The van der Waals surface area contributed by atoms with Crippen molar-refractivity contribution in [1.29, 1.82) is 0 Å². The molecule has 1 atom stereocenters. The van der Waals surface area contributed by atoms with E-state index in [1.807, 2.05) is 0 Å². The van der Waals surface area contributed by atoms with E-state index in [1.165, 1.54) is 6.92 Å². The number of hydrogen-bond acceptors (Lipinski definition) is 2. The number of nitrogens with one attached hydrogen (secondary N) is 1. The van der Waals surface area contributed by atoms with Crippen molar-refractivity contribution in [3.63, 3.8) is 0 Å². The molecule has 0 fully saturated rings. The highest BCUT2D eigenvalue weighted by molar-refractivity contribution is 5.85. The van der Waals surface area contributed by atoms with Crippen LogP contribution in [-0.2, 0) is 4.79 Å². The first-order chi connectivity index (χ1) is 7.85. The van der Waals surface area contributed by atoms with Crippen LogP contribution in [0.3, 0.4) is 0 Å². The Bertz CT molecular complexity index is 303. The van der Waals surface area contributed by atoms with Crippen molar-refractivity contribution in [1.82, 2.24) is 5.32 Å². The molecule has 108 valence electrons. The molecule has 0 aliphatic rings. The van der Waals surface area contributed by atoms with Crippen LogP contribution < -0.4 is 11.1 Å². The number of halogens is 5. The minimum Gasteiger partial charge on any atom is -0.344 e. The molecule has 18 heavy (non-hydrogen) atoms. The number of amides is 1. The Balaban J connectivity index is 4.93. The molecular formula is C10H17F5N2O. The first-order valence-electron chi connectivity index (χ1n) is 5.33. The molecule has 8 heteroatoms. The van der Waals surface area contributed by atoms with Gasteiger partial charge < -0.3 is 11.1 Å². The fourth-order valence-electron chi connectivity index (χ4n) is 1.57. The molecule has 0 aliphatic heterocycles. The Kier molecular flexibility index (Phi) is 5.10. The summed E-state index contributed by atoms with van der Waals surface area (Å²) in [6, 6.07) is 0. The molecule has 1 amide bonds. The van der Waals surface area contributed by atoms with Crippen molar-refractivity contribution in [2.45, 2.75) is 44.8 Å². The van der Waals surface area contributed by atoms with Gasteiger partial charge in [0.25, 0.3) is 0 Å². The Morgan fingerprint density at radius 1 is 1.22 bits per heavy atom. The monoisotopic (exact) mass is 276 g/mol. The van der Waals surface area contributed by atoms with Crippen molar-refractivity contribution < 1.29 is 26.7 Å². The fraction of sp³-hybridized carbons (Fsp3) is 0.900. The third-order valence-electron chi connectivity index (χ3n) is 2.37. The predicted octanol–water partition coefficient (Wildman–Crippen LogP) is 2.06. The van der Waals surface area contributed by atoms with E-state index < -0.39 is 23.5 Å². The topological polar surface area (TPSA) is 55.1 Å². The molecule has 0 heterocycles. The van der Waals surface area contributed by atoms with Gasteiger partial charge in [0, 0.05) is 12.1 Å². The maximum absolute atomic E-state index is 12.8. The Labute approximate surface area is 102 Å². The van der Waals surface area contributed by atoms with E-state index in [1.54, 1.807) is 19.2 Å². The zero-order valence-corrected chi connectivity index (χ0v) is 10.4. The Morgan fingerprint density at radius 2 is 1.67 bits per heavy atom. The van der Waals surface area contributed by atoms with E-state index in [9.17, 15) is 26.7 Å². The standard InChI is InChI=1S/C10H17F5N2O/c1-6(2)4-8(3,5-16)17-7(18)9(11,12)10(13,14)15/h6H,4-5,16H2,1-3H3,(H,17,18). The van der Waals surface area contributed by atoms with Gasteiger partial charge in [-0.15, -0.1) is 0 Å². The second kappa shape index (κ2) is 5.38. The van der Waals surface area contributed by atoms with E-state index in [2.05, 4.69) is 0 Å². The number of nitrogens with two attached hydrogens (primary N) is 1. The van der Waals surface area contributed by atoms with Crippen molar-refractivity contribution in [2.24, 2.45) is 11.7 Å². The zero-order valence-electron chi connectivity index (χ0n) is 10.4. The van der Waals surface area contributed by atoms with E-state index in [4.69, 9.17) is 5.73 Å². The highest BCUT2D eigenvalue weighted by Gasteiger charge is 2.64. The molecule has 0 saturated heterocycles. The number of alkyl halides is 5. The maximum atomic E-state index is 12.8. The first-order valence-corrected chi connectivity index (χ1v) is 5.33. The largest absolute Gasteiger partial charge is 0.463 e. The summed E-state index contributed by atoms with van der Waals surface area (Å²) in [6.07, 6.45) is -5.71. The third-order valence-corrected chi connectivity index (χ3v) is 2.37. The summed E-state index contributed by atoms with van der Waals surface area (Å²) in [5.74, 6) is -7.80. The summed E-state index contributed by atoms with van der Waals surface area (Å²) in [6.45, 7) is 4.58. The number of carbonyl (C=O) groups excluding carboxylic acids is 1. The minimum atomic E-state index is -5.91. The Morgan fingerprint density at radius 3 is 1.94 bits per heavy atom. The van der Waals surface area contributed by atoms with Gasteiger partial charge in [0.15, 0.2) is 0 Å². The normalized spacial score (nSPS) is 16.6. The zero-order chi connectivity index (χ0) is 14.8. The number of carbonyl (C=O) groups is 1. The quantitative estimate of drug-likeness (QED) is 0.755. The van der Waals surface area contributed by atoms with E-state index >= 15 is 0 Å². The average Bonchev–Trinajstić information content (AvgIpc) is 2.14. The third kappa shape index (κ3) is 4.08. The second-order valence-electron chi connectivity index (χ2n) is 4.89. The van der Waals surface area contributed by atoms with Crippen LogP contribution in [0.4, 0.5) is 22.0 Å². The van der Waals surface area contributed by atoms with Crippen molar-refractivity contribution in [3.05, 3.63) is 0 Å². The van der Waals surface area contributed by atoms with Crippen LogP contribution in [0.1, 0.15) is 27.2 Å². The summed E-state index contributed by atoms with van der Waals surface area (Å²) < 4.78 is 61.5. The van der Waals surface area contributed by atoms with Gasteiger partial charge in [0.05, 0.1) is 0 Å². The molecule has 0 aromatic rings. The van der Waals surface area contributed by atoms with Gasteiger partial charge in [-0.2, -0.15) is 22.0 Å². The van der Waals surface area contributed by atoms with Crippen LogP contribution in [0.5, 0.6) is 0 Å². The van der Waals surface area contributed by atoms with Gasteiger partial charge in [0.1, 0.15) is 0 Å². The van der Waals surface area contributed by atoms with Crippen molar-refractivity contribution in [2.75, 3.05) is 6.54 Å². The van der Waals surface area contributed by atoms with Crippen LogP contribution in [0.25, 0.3) is 0 Å². The first kappa shape index (κ1) is 17.1. The molecule has 3 N–H and O–H groups in total. The van der Waals surface area contributed by atoms with Crippen LogP contribution in [0, 0.1) is 5.92 Å². The lowest BCUT2D eigenvalue weighted by Crippen LogP contribution is -2.59. The summed E-state index contributed by atoms with van der Waals surface area (Å²) in [5.41, 5.74) is 4.02. The van der Waals surface area contributed by atoms with Crippen molar-refractivity contribution in [3.8, 4) is 0 Å². The van der Waals surface area contributed by atoms with E-state index in [0.717, 1.165) is 0 Å².